The van der Waals surface area contributed by atoms with Crippen LogP contribution in [0.25, 0.3) is 16.8 Å². The summed E-state index contributed by atoms with van der Waals surface area (Å²) in [7, 11) is 1.66. The minimum Gasteiger partial charge on any atom is -0.496 e. The highest BCUT2D eigenvalue weighted by atomic mass is 16.6. The van der Waals surface area contributed by atoms with Crippen LogP contribution in [0, 0.1) is 10.1 Å². The Morgan fingerprint density at radius 3 is 2.50 bits per heavy atom. The minimum atomic E-state index is -0.545. The van der Waals surface area contributed by atoms with E-state index in [0.717, 1.165) is 46.9 Å². The summed E-state index contributed by atoms with van der Waals surface area (Å²) in [5.74, 6) is 0.527. The maximum Gasteiger partial charge on any atom is 0.336 e. The Labute approximate surface area is 174 Å². The van der Waals surface area contributed by atoms with E-state index in [2.05, 4.69) is 13.0 Å². The van der Waals surface area contributed by atoms with E-state index in [-0.39, 0.29) is 11.4 Å². The molecule has 30 heavy (non-hydrogen) atoms. The number of rotatable bonds is 8. The molecule has 0 radical (unpaired) electrons. The average Bonchev–Trinajstić information content (AvgIpc) is 2.76. The van der Waals surface area contributed by atoms with Crippen LogP contribution in [0.2, 0.25) is 0 Å². The van der Waals surface area contributed by atoms with E-state index in [9.17, 15) is 14.9 Å². The Morgan fingerprint density at radius 2 is 1.83 bits per heavy atom. The van der Waals surface area contributed by atoms with Crippen LogP contribution < -0.4 is 9.47 Å². The van der Waals surface area contributed by atoms with Gasteiger partial charge in [0.05, 0.1) is 12.0 Å². The van der Waals surface area contributed by atoms with Crippen molar-refractivity contribution in [2.24, 2.45) is 0 Å². The van der Waals surface area contributed by atoms with Gasteiger partial charge in [0.15, 0.2) is 0 Å². The first-order valence-corrected chi connectivity index (χ1v) is 9.76. The Hall–Kier alpha value is -3.67. The average molecular weight is 405 g/mol. The second kappa shape index (κ2) is 9.69. The number of benzene rings is 3. The zero-order chi connectivity index (χ0) is 21.5. The number of hydrogen-bond donors (Lipinski definition) is 0. The van der Waals surface area contributed by atoms with Gasteiger partial charge in [-0.1, -0.05) is 37.6 Å². The van der Waals surface area contributed by atoms with Gasteiger partial charge in [-0.2, -0.15) is 0 Å². The Morgan fingerprint density at radius 1 is 1.07 bits per heavy atom. The molecule has 0 unspecified atom stereocenters. The molecule has 0 saturated heterocycles. The van der Waals surface area contributed by atoms with Crippen LogP contribution >= 0.6 is 0 Å². The van der Waals surface area contributed by atoms with Gasteiger partial charge in [0.2, 0.25) is 0 Å². The standard InChI is InChI=1S/C24H23NO5/c1-3-4-6-20-17(9-15-22-21(20)7-5-8-23(22)29-2)10-16-24(26)30-19-13-11-18(12-14-19)25(27)28/h5,7-16H,3-4,6H2,1-2H3/b16-10+. The van der Waals surface area contributed by atoms with Crippen molar-refractivity contribution in [2.45, 2.75) is 26.2 Å². The Bertz CT molecular complexity index is 1090. The molecule has 0 saturated carbocycles. The number of nitro groups is 1. The third-order valence-corrected chi connectivity index (χ3v) is 4.83. The van der Waals surface area contributed by atoms with Crippen LogP contribution in [0.4, 0.5) is 5.69 Å². The highest BCUT2D eigenvalue weighted by molar-refractivity contribution is 5.95. The van der Waals surface area contributed by atoms with Gasteiger partial charge in [0.25, 0.3) is 5.69 Å². The van der Waals surface area contributed by atoms with E-state index < -0.39 is 10.9 Å². The van der Waals surface area contributed by atoms with Crippen LogP contribution in [-0.4, -0.2) is 18.0 Å². The molecule has 3 aromatic rings. The van der Waals surface area contributed by atoms with E-state index >= 15 is 0 Å². The molecule has 0 heterocycles. The van der Waals surface area contributed by atoms with Gasteiger partial charge in [-0.15, -0.1) is 0 Å². The van der Waals surface area contributed by atoms with E-state index in [0.29, 0.717) is 0 Å². The van der Waals surface area contributed by atoms with Crippen molar-refractivity contribution in [3.05, 3.63) is 81.9 Å². The summed E-state index contributed by atoms with van der Waals surface area (Å²) in [6.45, 7) is 2.14. The van der Waals surface area contributed by atoms with E-state index in [1.807, 2.05) is 24.3 Å². The molecule has 0 fully saturated rings. The van der Waals surface area contributed by atoms with Crippen molar-refractivity contribution >= 4 is 28.5 Å². The van der Waals surface area contributed by atoms with Crippen molar-refractivity contribution in [3.8, 4) is 11.5 Å². The SMILES string of the molecule is CCCCc1c(/C=C/C(=O)Oc2ccc([N+](=O)[O-])cc2)ccc2c(OC)cccc12. The zero-order valence-corrected chi connectivity index (χ0v) is 17.0. The summed E-state index contributed by atoms with van der Waals surface area (Å²) < 4.78 is 10.7. The number of nitrogens with zero attached hydrogens (tertiary/aromatic N) is 1. The highest BCUT2D eigenvalue weighted by Gasteiger charge is 2.10. The summed E-state index contributed by atoms with van der Waals surface area (Å²) in [6, 6.07) is 15.3. The van der Waals surface area contributed by atoms with Gasteiger partial charge >= 0.3 is 5.97 Å². The van der Waals surface area contributed by atoms with Gasteiger partial charge in [-0.25, -0.2) is 4.79 Å². The first-order chi connectivity index (χ1) is 14.5. The molecule has 6 heteroatoms. The van der Waals surface area contributed by atoms with Gasteiger partial charge in [0.1, 0.15) is 11.5 Å². The number of nitro benzene ring substituents is 1. The summed E-state index contributed by atoms with van der Waals surface area (Å²) in [5, 5.41) is 12.9. The Balaban J connectivity index is 1.85. The fourth-order valence-electron chi connectivity index (χ4n) is 3.32. The summed E-state index contributed by atoms with van der Waals surface area (Å²) in [5.41, 5.74) is 2.05. The van der Waals surface area contributed by atoms with Crippen LogP contribution in [0.5, 0.6) is 11.5 Å². The predicted molar refractivity (Wildman–Crippen MR) is 117 cm³/mol. The highest BCUT2D eigenvalue weighted by Crippen LogP contribution is 2.31. The lowest BCUT2D eigenvalue weighted by molar-refractivity contribution is -0.384. The van der Waals surface area contributed by atoms with Crippen molar-refractivity contribution in [1.29, 1.82) is 0 Å². The number of carbonyl (C=O) groups excluding carboxylic acids is 1. The van der Waals surface area contributed by atoms with Gasteiger partial charge in [-0.3, -0.25) is 10.1 Å². The third kappa shape index (κ3) is 4.84. The summed E-state index contributed by atoms with van der Waals surface area (Å²) in [6.07, 6.45) is 6.10. The van der Waals surface area contributed by atoms with Crippen LogP contribution in [-0.2, 0) is 11.2 Å². The molecule has 3 rings (SSSR count). The lowest BCUT2D eigenvalue weighted by atomic mass is 9.94. The molecule has 3 aromatic carbocycles. The molecule has 0 aliphatic heterocycles. The number of aryl methyl sites for hydroxylation is 1. The van der Waals surface area contributed by atoms with Crippen LogP contribution in [0.1, 0.15) is 30.9 Å². The maximum atomic E-state index is 12.2. The molecule has 0 aliphatic rings. The second-order valence-electron chi connectivity index (χ2n) is 6.80. The number of unbranched alkanes of at least 4 members (excludes halogenated alkanes) is 1. The molecule has 0 amide bonds. The molecular formula is C24H23NO5. The first-order valence-electron chi connectivity index (χ1n) is 9.76. The summed E-state index contributed by atoms with van der Waals surface area (Å²) >= 11 is 0. The molecule has 0 atom stereocenters. The van der Waals surface area contributed by atoms with Crippen molar-refractivity contribution in [2.75, 3.05) is 7.11 Å². The number of methoxy groups -OCH3 is 1. The Kier molecular flexibility index (Phi) is 6.80. The van der Waals surface area contributed by atoms with Crippen LogP contribution in [0.3, 0.4) is 0 Å². The van der Waals surface area contributed by atoms with Crippen molar-refractivity contribution in [3.63, 3.8) is 0 Å². The molecule has 0 aliphatic carbocycles. The lowest BCUT2D eigenvalue weighted by Gasteiger charge is -2.13. The number of fused-ring (bicyclic) bond motifs is 1. The number of ether oxygens (including phenoxy) is 2. The number of carbonyl (C=O) groups is 1. The number of non-ortho nitro benzene ring substituents is 1. The quantitative estimate of drug-likeness (QED) is 0.157. The third-order valence-electron chi connectivity index (χ3n) is 4.83. The zero-order valence-electron chi connectivity index (χ0n) is 17.0. The second-order valence-corrected chi connectivity index (χ2v) is 6.80. The molecule has 0 aromatic heterocycles. The van der Waals surface area contributed by atoms with Gasteiger partial charge < -0.3 is 9.47 Å². The van der Waals surface area contributed by atoms with Crippen LogP contribution in [0.15, 0.2) is 60.7 Å². The number of esters is 1. The number of hydrogen-bond acceptors (Lipinski definition) is 5. The van der Waals surface area contributed by atoms with Gasteiger partial charge in [-0.05, 0) is 53.6 Å². The normalized spacial score (nSPS) is 11.0. The lowest BCUT2D eigenvalue weighted by Crippen LogP contribution is -2.04. The van der Waals surface area contributed by atoms with E-state index in [4.69, 9.17) is 9.47 Å². The monoisotopic (exact) mass is 405 g/mol. The summed E-state index contributed by atoms with van der Waals surface area (Å²) in [4.78, 5) is 22.4. The largest absolute Gasteiger partial charge is 0.496 e. The molecule has 0 bridgehead atoms. The fourth-order valence-corrected chi connectivity index (χ4v) is 3.32. The van der Waals surface area contributed by atoms with Crippen molar-refractivity contribution in [1.82, 2.24) is 0 Å². The van der Waals surface area contributed by atoms with E-state index in [1.54, 1.807) is 13.2 Å². The molecule has 0 spiro atoms. The fraction of sp³-hybridized carbons (Fsp3) is 0.208. The maximum absolute atomic E-state index is 12.2. The minimum absolute atomic E-state index is 0.0579. The van der Waals surface area contributed by atoms with Crippen molar-refractivity contribution < 1.29 is 19.2 Å². The molecular weight excluding hydrogens is 382 g/mol. The van der Waals surface area contributed by atoms with Gasteiger partial charge in [0, 0.05) is 23.6 Å². The smallest absolute Gasteiger partial charge is 0.336 e. The topological polar surface area (TPSA) is 78.7 Å². The molecule has 6 nitrogen and oxygen atoms in total. The first kappa shape index (κ1) is 21.0. The molecule has 0 N–H and O–H groups in total. The van der Waals surface area contributed by atoms with E-state index in [1.165, 1.54) is 30.3 Å². The molecule has 154 valence electrons. The predicted octanol–water partition coefficient (Wildman–Crippen LogP) is 5.72.